The van der Waals surface area contributed by atoms with Crippen molar-refractivity contribution in [2.75, 3.05) is 13.7 Å². The summed E-state index contributed by atoms with van der Waals surface area (Å²) in [6.07, 6.45) is 0.774. The number of carbonyl (C=O) groups is 1. The van der Waals surface area contributed by atoms with E-state index < -0.39 is 0 Å². The molecular weight excluding hydrogens is 394 g/mol. The average Bonchev–Trinajstić information content (AvgIpc) is 3.32. The molecule has 8 heteroatoms. The second-order valence-electron chi connectivity index (χ2n) is 7.51. The SMILES string of the molecule is COc1ccc(-c2noc3nc(C)cc(C(=O)NCCCn4nc(C)cc4C)c23)cc1. The standard InChI is InChI=1S/C23H25N5O3/c1-14-13-19(22(29)24-10-5-11-28-16(3)12-15(2)26-28)20-21(27-31-23(20)25-14)17-6-8-18(30-4)9-7-17/h6-9,12-13H,5,10-11H2,1-4H3,(H,24,29). The maximum absolute atomic E-state index is 13.0. The smallest absolute Gasteiger partial charge is 0.259 e. The fourth-order valence-corrected chi connectivity index (χ4v) is 3.63. The van der Waals surface area contributed by atoms with Gasteiger partial charge in [-0.25, -0.2) is 4.98 Å². The molecule has 1 N–H and O–H groups in total. The largest absolute Gasteiger partial charge is 0.497 e. The summed E-state index contributed by atoms with van der Waals surface area (Å²) in [6, 6.07) is 11.3. The van der Waals surface area contributed by atoms with E-state index in [-0.39, 0.29) is 5.91 Å². The predicted octanol–water partition coefficient (Wildman–Crippen LogP) is 3.84. The van der Waals surface area contributed by atoms with Gasteiger partial charge in [-0.3, -0.25) is 9.48 Å². The summed E-state index contributed by atoms with van der Waals surface area (Å²) >= 11 is 0. The zero-order chi connectivity index (χ0) is 22.0. The monoisotopic (exact) mass is 419 g/mol. The minimum absolute atomic E-state index is 0.179. The summed E-state index contributed by atoms with van der Waals surface area (Å²) in [4.78, 5) is 17.4. The molecule has 1 aromatic carbocycles. The second kappa shape index (κ2) is 8.59. The summed E-state index contributed by atoms with van der Waals surface area (Å²) in [5, 5.41) is 12.2. The van der Waals surface area contributed by atoms with Crippen LogP contribution in [0, 0.1) is 20.8 Å². The van der Waals surface area contributed by atoms with Gasteiger partial charge in [0, 0.05) is 30.0 Å². The summed E-state index contributed by atoms with van der Waals surface area (Å²) in [5.41, 5.74) is 5.05. The van der Waals surface area contributed by atoms with Crippen molar-refractivity contribution in [2.24, 2.45) is 0 Å². The number of ether oxygens (including phenoxy) is 1. The number of benzene rings is 1. The number of aromatic nitrogens is 4. The van der Waals surface area contributed by atoms with Crippen molar-refractivity contribution in [3.8, 4) is 17.0 Å². The van der Waals surface area contributed by atoms with Gasteiger partial charge in [0.1, 0.15) is 11.4 Å². The fourth-order valence-electron chi connectivity index (χ4n) is 3.63. The molecule has 0 spiro atoms. The van der Waals surface area contributed by atoms with Gasteiger partial charge < -0.3 is 14.6 Å². The zero-order valence-electron chi connectivity index (χ0n) is 18.1. The van der Waals surface area contributed by atoms with Crippen molar-refractivity contribution in [3.05, 3.63) is 59.0 Å². The highest BCUT2D eigenvalue weighted by atomic mass is 16.5. The van der Waals surface area contributed by atoms with Crippen molar-refractivity contribution in [1.29, 1.82) is 0 Å². The number of nitrogens with one attached hydrogen (secondary N) is 1. The molecule has 0 aliphatic rings. The lowest BCUT2D eigenvalue weighted by molar-refractivity contribution is 0.0954. The number of pyridine rings is 1. The Labute approximate surface area is 180 Å². The first-order chi connectivity index (χ1) is 15.0. The van der Waals surface area contributed by atoms with Crippen LogP contribution < -0.4 is 10.1 Å². The Morgan fingerprint density at radius 1 is 1.13 bits per heavy atom. The van der Waals surface area contributed by atoms with Crippen LogP contribution in [0.5, 0.6) is 5.75 Å². The second-order valence-corrected chi connectivity index (χ2v) is 7.51. The third kappa shape index (κ3) is 4.28. The maximum atomic E-state index is 13.0. The summed E-state index contributed by atoms with van der Waals surface area (Å²) < 4.78 is 12.6. The molecule has 0 saturated carbocycles. The van der Waals surface area contributed by atoms with E-state index in [2.05, 4.69) is 20.6 Å². The van der Waals surface area contributed by atoms with E-state index in [9.17, 15) is 4.79 Å². The first kappa shape index (κ1) is 20.6. The minimum atomic E-state index is -0.179. The molecule has 0 aliphatic heterocycles. The third-order valence-corrected chi connectivity index (χ3v) is 5.12. The van der Waals surface area contributed by atoms with Gasteiger partial charge in [-0.15, -0.1) is 0 Å². The van der Waals surface area contributed by atoms with Crippen LogP contribution in [0.3, 0.4) is 0 Å². The minimum Gasteiger partial charge on any atom is -0.497 e. The van der Waals surface area contributed by atoms with Gasteiger partial charge in [-0.05, 0) is 63.6 Å². The molecule has 4 aromatic rings. The van der Waals surface area contributed by atoms with Crippen molar-refractivity contribution in [1.82, 2.24) is 25.2 Å². The molecule has 0 fully saturated rings. The first-order valence-electron chi connectivity index (χ1n) is 10.2. The molecule has 0 aliphatic carbocycles. The van der Waals surface area contributed by atoms with Crippen LogP contribution in [0.25, 0.3) is 22.4 Å². The van der Waals surface area contributed by atoms with Crippen molar-refractivity contribution in [3.63, 3.8) is 0 Å². The van der Waals surface area contributed by atoms with Crippen LogP contribution in [0.4, 0.5) is 0 Å². The molecule has 3 aromatic heterocycles. The topological polar surface area (TPSA) is 95.1 Å². The Morgan fingerprint density at radius 3 is 2.58 bits per heavy atom. The maximum Gasteiger partial charge on any atom is 0.259 e. The van der Waals surface area contributed by atoms with Gasteiger partial charge in [0.2, 0.25) is 0 Å². The number of methoxy groups -OCH3 is 1. The van der Waals surface area contributed by atoms with Gasteiger partial charge in [0.15, 0.2) is 0 Å². The normalized spacial score (nSPS) is 11.1. The van der Waals surface area contributed by atoms with Crippen LogP contribution in [0.15, 0.2) is 40.9 Å². The average molecular weight is 419 g/mol. The summed E-state index contributed by atoms with van der Waals surface area (Å²) in [6.45, 7) is 7.11. The number of fused-ring (bicyclic) bond motifs is 1. The van der Waals surface area contributed by atoms with Crippen LogP contribution in [-0.2, 0) is 6.54 Å². The molecule has 1 amide bonds. The highest BCUT2D eigenvalue weighted by molar-refractivity contribution is 6.09. The van der Waals surface area contributed by atoms with Gasteiger partial charge in [-0.1, -0.05) is 5.16 Å². The summed E-state index contributed by atoms with van der Waals surface area (Å²) in [7, 11) is 1.62. The number of hydrogen-bond donors (Lipinski definition) is 1. The fraction of sp³-hybridized carbons (Fsp3) is 0.304. The highest BCUT2D eigenvalue weighted by Gasteiger charge is 2.20. The van der Waals surface area contributed by atoms with Crippen LogP contribution >= 0.6 is 0 Å². The van der Waals surface area contributed by atoms with Gasteiger partial charge >= 0.3 is 0 Å². The lowest BCUT2D eigenvalue weighted by atomic mass is 10.0. The number of nitrogens with zero attached hydrogens (tertiary/aromatic N) is 4. The molecule has 3 heterocycles. The van der Waals surface area contributed by atoms with Crippen LogP contribution in [0.2, 0.25) is 0 Å². The summed E-state index contributed by atoms with van der Waals surface area (Å²) in [5.74, 6) is 0.563. The van der Waals surface area contributed by atoms with E-state index >= 15 is 0 Å². The quantitative estimate of drug-likeness (QED) is 0.457. The van der Waals surface area contributed by atoms with E-state index in [0.29, 0.717) is 34.6 Å². The van der Waals surface area contributed by atoms with Crippen LogP contribution in [-0.4, -0.2) is 39.5 Å². The van der Waals surface area contributed by atoms with E-state index in [0.717, 1.165) is 35.7 Å². The number of hydrogen-bond acceptors (Lipinski definition) is 6. The molecule has 8 nitrogen and oxygen atoms in total. The van der Waals surface area contributed by atoms with Crippen molar-refractivity contribution in [2.45, 2.75) is 33.7 Å². The Balaban J connectivity index is 1.55. The first-order valence-corrected chi connectivity index (χ1v) is 10.2. The Morgan fingerprint density at radius 2 is 1.90 bits per heavy atom. The van der Waals surface area contributed by atoms with Crippen molar-refractivity contribution >= 4 is 17.0 Å². The molecule has 160 valence electrons. The predicted molar refractivity (Wildman–Crippen MR) is 117 cm³/mol. The number of rotatable bonds is 7. The van der Waals surface area contributed by atoms with E-state index in [1.165, 1.54) is 0 Å². The zero-order valence-corrected chi connectivity index (χ0v) is 18.1. The molecule has 31 heavy (non-hydrogen) atoms. The molecule has 0 unspecified atom stereocenters. The van der Waals surface area contributed by atoms with Gasteiger partial charge in [0.25, 0.3) is 11.6 Å². The molecule has 4 rings (SSSR count). The lowest BCUT2D eigenvalue weighted by Crippen LogP contribution is -2.26. The molecule has 0 atom stereocenters. The number of aryl methyl sites for hydroxylation is 4. The Kier molecular flexibility index (Phi) is 5.70. The Bertz CT molecular complexity index is 1220. The molecule has 0 saturated heterocycles. The van der Waals surface area contributed by atoms with E-state index in [1.54, 1.807) is 13.2 Å². The highest BCUT2D eigenvalue weighted by Crippen LogP contribution is 2.31. The van der Waals surface area contributed by atoms with E-state index in [4.69, 9.17) is 9.26 Å². The third-order valence-electron chi connectivity index (χ3n) is 5.12. The van der Waals surface area contributed by atoms with Crippen LogP contribution in [0.1, 0.15) is 33.9 Å². The lowest BCUT2D eigenvalue weighted by Gasteiger charge is -2.09. The number of carbonyl (C=O) groups excluding carboxylic acids is 1. The van der Waals surface area contributed by atoms with Crippen molar-refractivity contribution < 1.29 is 14.1 Å². The molecular formula is C23H25N5O3. The van der Waals surface area contributed by atoms with Gasteiger partial charge in [0.05, 0.1) is 23.8 Å². The van der Waals surface area contributed by atoms with E-state index in [1.807, 2.05) is 55.8 Å². The molecule has 0 radical (unpaired) electrons. The molecule has 0 bridgehead atoms. The van der Waals surface area contributed by atoms with Gasteiger partial charge in [-0.2, -0.15) is 5.10 Å². The Hall–Kier alpha value is -3.68. The number of amides is 1.